The zero-order valence-corrected chi connectivity index (χ0v) is 17.4. The van der Waals surface area contributed by atoms with Crippen LogP contribution in [0.5, 0.6) is 5.75 Å². The van der Waals surface area contributed by atoms with Crippen LogP contribution in [0.3, 0.4) is 0 Å². The van der Waals surface area contributed by atoms with E-state index in [4.69, 9.17) is 0 Å². The zero-order chi connectivity index (χ0) is 21.3. The molecule has 0 spiro atoms. The molecule has 0 aliphatic heterocycles. The summed E-state index contributed by atoms with van der Waals surface area (Å²) in [5, 5.41) is 11.7. The SMILES string of the molecule is Cc1cc(C)n2cc(CSc3nnc(Nc4ccc(OC(F)(F)F)cc4)s3)nc2n1. The molecule has 3 heterocycles. The van der Waals surface area contributed by atoms with Crippen LogP contribution in [0.4, 0.5) is 24.0 Å². The summed E-state index contributed by atoms with van der Waals surface area (Å²) in [6.07, 6.45) is -2.76. The number of halogens is 3. The molecular formula is C18H15F3N6OS2. The molecule has 7 nitrogen and oxygen atoms in total. The Morgan fingerprint density at radius 3 is 2.63 bits per heavy atom. The van der Waals surface area contributed by atoms with Gasteiger partial charge in [0.05, 0.1) is 5.69 Å². The number of nitrogens with zero attached hydrogens (tertiary/aromatic N) is 5. The molecule has 4 rings (SSSR count). The van der Waals surface area contributed by atoms with Gasteiger partial charge < -0.3 is 10.1 Å². The third-order valence-corrected chi connectivity index (χ3v) is 5.91. The van der Waals surface area contributed by atoms with Crippen molar-refractivity contribution in [2.75, 3.05) is 5.32 Å². The number of fused-ring (bicyclic) bond motifs is 1. The number of hydrogen-bond acceptors (Lipinski definition) is 8. The van der Waals surface area contributed by atoms with Crippen molar-refractivity contribution in [3.8, 4) is 5.75 Å². The summed E-state index contributed by atoms with van der Waals surface area (Å²) in [6.45, 7) is 3.94. The first-order chi connectivity index (χ1) is 14.2. The van der Waals surface area contributed by atoms with Crippen LogP contribution >= 0.6 is 23.1 Å². The van der Waals surface area contributed by atoms with Gasteiger partial charge in [-0.2, -0.15) is 0 Å². The molecule has 0 bridgehead atoms. The number of aryl methyl sites for hydroxylation is 2. The highest BCUT2D eigenvalue weighted by Gasteiger charge is 2.30. The summed E-state index contributed by atoms with van der Waals surface area (Å²) in [5.74, 6) is 0.995. The zero-order valence-electron chi connectivity index (χ0n) is 15.8. The topological polar surface area (TPSA) is 77.2 Å². The molecule has 0 amide bonds. The number of ether oxygens (including phenoxy) is 1. The van der Waals surface area contributed by atoms with Gasteiger partial charge in [0.2, 0.25) is 10.9 Å². The molecule has 12 heteroatoms. The highest BCUT2D eigenvalue weighted by atomic mass is 32.2. The second-order valence-corrected chi connectivity index (χ2v) is 8.50. The van der Waals surface area contributed by atoms with E-state index in [0.717, 1.165) is 21.4 Å². The van der Waals surface area contributed by atoms with Crippen molar-refractivity contribution >= 4 is 39.7 Å². The molecule has 0 aliphatic rings. The van der Waals surface area contributed by atoms with Gasteiger partial charge in [-0.15, -0.1) is 23.4 Å². The van der Waals surface area contributed by atoms with Gasteiger partial charge in [-0.1, -0.05) is 23.1 Å². The summed E-state index contributed by atoms with van der Waals surface area (Å²) in [5.41, 5.74) is 3.44. The number of alkyl halides is 3. The van der Waals surface area contributed by atoms with Gasteiger partial charge >= 0.3 is 6.36 Å². The summed E-state index contributed by atoms with van der Waals surface area (Å²) in [4.78, 5) is 8.96. The molecule has 4 aromatic rings. The lowest BCUT2D eigenvalue weighted by Crippen LogP contribution is -2.16. The second-order valence-electron chi connectivity index (χ2n) is 6.30. The molecular weight excluding hydrogens is 437 g/mol. The van der Waals surface area contributed by atoms with Gasteiger partial charge in [0.25, 0.3) is 0 Å². The monoisotopic (exact) mass is 452 g/mol. The van der Waals surface area contributed by atoms with Crippen LogP contribution in [0.1, 0.15) is 17.1 Å². The van der Waals surface area contributed by atoms with E-state index in [1.165, 1.54) is 47.4 Å². The van der Waals surface area contributed by atoms with Crippen molar-refractivity contribution in [3.05, 3.63) is 53.6 Å². The maximum atomic E-state index is 12.2. The first-order valence-electron chi connectivity index (χ1n) is 8.66. The van der Waals surface area contributed by atoms with E-state index in [0.29, 0.717) is 22.3 Å². The number of hydrogen-bond donors (Lipinski definition) is 1. The van der Waals surface area contributed by atoms with Crippen LogP contribution in [0, 0.1) is 13.8 Å². The molecule has 0 atom stereocenters. The Balaban J connectivity index is 1.37. The number of benzene rings is 1. The van der Waals surface area contributed by atoms with Crippen LogP contribution in [0.25, 0.3) is 5.78 Å². The van der Waals surface area contributed by atoms with Crippen LogP contribution in [0.15, 0.2) is 40.9 Å². The fourth-order valence-corrected chi connectivity index (χ4v) is 4.36. The predicted octanol–water partition coefficient (Wildman–Crippen LogP) is 5.13. The maximum Gasteiger partial charge on any atom is 0.573 e. The Morgan fingerprint density at radius 2 is 1.90 bits per heavy atom. The average molecular weight is 452 g/mol. The Labute approximate surface area is 177 Å². The molecule has 0 unspecified atom stereocenters. The molecule has 1 N–H and O–H groups in total. The predicted molar refractivity (Wildman–Crippen MR) is 108 cm³/mol. The normalized spacial score (nSPS) is 11.8. The van der Waals surface area contributed by atoms with Crippen LogP contribution in [-0.2, 0) is 5.75 Å². The minimum Gasteiger partial charge on any atom is -0.406 e. The van der Waals surface area contributed by atoms with E-state index >= 15 is 0 Å². The lowest BCUT2D eigenvalue weighted by atomic mass is 10.3. The Hall–Kier alpha value is -2.86. The van der Waals surface area contributed by atoms with E-state index in [1.54, 1.807) is 0 Å². The van der Waals surface area contributed by atoms with Gasteiger partial charge in [-0.05, 0) is 44.2 Å². The number of anilines is 2. The number of aromatic nitrogens is 5. The smallest absolute Gasteiger partial charge is 0.406 e. The van der Waals surface area contributed by atoms with E-state index in [9.17, 15) is 13.2 Å². The number of rotatable bonds is 6. The fourth-order valence-electron chi connectivity index (χ4n) is 2.71. The highest BCUT2D eigenvalue weighted by Crippen LogP contribution is 2.31. The Morgan fingerprint density at radius 1 is 1.13 bits per heavy atom. The van der Waals surface area contributed by atoms with Crippen molar-refractivity contribution < 1.29 is 17.9 Å². The summed E-state index contributed by atoms with van der Waals surface area (Å²) in [6, 6.07) is 7.41. The van der Waals surface area contributed by atoms with Gasteiger partial charge in [0.15, 0.2) is 4.34 Å². The minimum absolute atomic E-state index is 0.283. The molecule has 30 heavy (non-hydrogen) atoms. The maximum absolute atomic E-state index is 12.2. The van der Waals surface area contributed by atoms with Crippen LogP contribution in [-0.4, -0.2) is 30.9 Å². The standard InChI is InChI=1S/C18H15F3N6OS2/c1-10-7-11(2)27-8-13(23-15(27)22-10)9-29-17-26-25-16(30-17)24-12-3-5-14(6-4-12)28-18(19,20)21/h3-8H,9H2,1-2H3,(H,24,25). The quantitative estimate of drug-likeness (QED) is 0.406. The van der Waals surface area contributed by atoms with Crippen molar-refractivity contribution in [2.45, 2.75) is 30.3 Å². The van der Waals surface area contributed by atoms with Gasteiger partial charge in [-0.3, -0.25) is 4.40 Å². The number of nitrogens with one attached hydrogen (secondary N) is 1. The molecule has 1 aromatic carbocycles. The van der Waals surface area contributed by atoms with Crippen LogP contribution < -0.4 is 10.1 Å². The van der Waals surface area contributed by atoms with Crippen LogP contribution in [0.2, 0.25) is 0 Å². The van der Waals surface area contributed by atoms with Crippen molar-refractivity contribution in [3.63, 3.8) is 0 Å². The first-order valence-corrected chi connectivity index (χ1v) is 10.5. The van der Waals surface area contributed by atoms with Gasteiger partial charge in [-0.25, -0.2) is 9.97 Å². The lowest BCUT2D eigenvalue weighted by Gasteiger charge is -2.09. The van der Waals surface area contributed by atoms with E-state index in [1.807, 2.05) is 30.5 Å². The van der Waals surface area contributed by atoms with E-state index in [2.05, 4.69) is 30.2 Å². The first kappa shape index (κ1) is 20.4. The highest BCUT2D eigenvalue weighted by molar-refractivity contribution is 8.00. The molecule has 156 valence electrons. The molecule has 0 saturated carbocycles. The van der Waals surface area contributed by atoms with Crippen molar-refractivity contribution in [2.24, 2.45) is 0 Å². The minimum atomic E-state index is -4.71. The van der Waals surface area contributed by atoms with Crippen molar-refractivity contribution in [1.29, 1.82) is 0 Å². The number of thioether (sulfide) groups is 1. The largest absolute Gasteiger partial charge is 0.573 e. The molecule has 0 aliphatic carbocycles. The fraction of sp³-hybridized carbons (Fsp3) is 0.222. The lowest BCUT2D eigenvalue weighted by molar-refractivity contribution is -0.274. The van der Waals surface area contributed by atoms with Gasteiger partial charge in [0, 0.05) is 29.0 Å². The molecule has 0 saturated heterocycles. The average Bonchev–Trinajstić information content (AvgIpc) is 3.27. The Bertz CT molecular complexity index is 1170. The van der Waals surface area contributed by atoms with E-state index in [-0.39, 0.29) is 5.75 Å². The Kier molecular flexibility index (Phi) is 5.52. The van der Waals surface area contributed by atoms with E-state index < -0.39 is 6.36 Å². The molecule has 3 aromatic heterocycles. The summed E-state index contributed by atoms with van der Waals surface area (Å²) in [7, 11) is 0. The third-order valence-electron chi connectivity index (χ3n) is 3.90. The summed E-state index contributed by atoms with van der Waals surface area (Å²) >= 11 is 2.84. The van der Waals surface area contributed by atoms with Gasteiger partial charge in [0.1, 0.15) is 5.75 Å². The third kappa shape index (κ3) is 5.00. The molecule has 0 fully saturated rings. The van der Waals surface area contributed by atoms with Crippen molar-refractivity contribution in [1.82, 2.24) is 24.6 Å². The second kappa shape index (κ2) is 8.11. The molecule has 0 radical (unpaired) electrons. The summed E-state index contributed by atoms with van der Waals surface area (Å²) < 4.78 is 43.2. The number of imidazole rings is 1.